The Labute approximate surface area is 215 Å². The van der Waals surface area contributed by atoms with Gasteiger partial charge in [0, 0.05) is 26.1 Å². The molecule has 0 spiro atoms. The standard InChI is InChI=1S/C27H39N3O5S/c1-20(2)18-28-27(32)22(4)29(19-23-15-13-21(3)14-16-23)26(31)12-9-17-30(36(6,33)34)24-10-7-8-11-25(24)35-5/h7-8,10-11,13-16,20,22H,9,12,17-19H2,1-6H3,(H,28,32). The van der Waals surface area contributed by atoms with Crippen molar-refractivity contribution in [2.75, 3.05) is 30.8 Å². The van der Waals surface area contributed by atoms with Crippen LogP contribution in [0.4, 0.5) is 5.69 Å². The van der Waals surface area contributed by atoms with Gasteiger partial charge < -0.3 is 15.0 Å². The summed E-state index contributed by atoms with van der Waals surface area (Å²) in [6, 6.07) is 14.0. The van der Waals surface area contributed by atoms with Crippen molar-refractivity contribution in [1.82, 2.24) is 10.2 Å². The van der Waals surface area contributed by atoms with Gasteiger partial charge in [0.1, 0.15) is 11.8 Å². The predicted octanol–water partition coefficient (Wildman–Crippen LogP) is 3.74. The van der Waals surface area contributed by atoms with Crippen LogP contribution < -0.4 is 14.4 Å². The first-order valence-electron chi connectivity index (χ1n) is 12.2. The number of para-hydroxylation sites is 2. The van der Waals surface area contributed by atoms with Gasteiger partial charge in [-0.05, 0) is 43.9 Å². The van der Waals surface area contributed by atoms with Crippen molar-refractivity contribution in [3.8, 4) is 5.75 Å². The molecular weight excluding hydrogens is 478 g/mol. The van der Waals surface area contributed by atoms with Crippen LogP contribution in [-0.2, 0) is 26.2 Å². The second-order valence-electron chi connectivity index (χ2n) is 9.43. The van der Waals surface area contributed by atoms with Crippen LogP contribution in [0.15, 0.2) is 48.5 Å². The molecule has 8 nitrogen and oxygen atoms in total. The summed E-state index contributed by atoms with van der Waals surface area (Å²) in [5, 5.41) is 2.91. The molecule has 0 aliphatic heterocycles. The first kappa shape index (κ1) is 29.2. The van der Waals surface area contributed by atoms with E-state index in [9.17, 15) is 18.0 Å². The number of anilines is 1. The maximum absolute atomic E-state index is 13.3. The summed E-state index contributed by atoms with van der Waals surface area (Å²) in [5.74, 6) is 0.303. The molecule has 1 atom stereocenters. The van der Waals surface area contributed by atoms with Crippen LogP contribution in [0.1, 0.15) is 44.7 Å². The second-order valence-corrected chi connectivity index (χ2v) is 11.3. The highest BCUT2D eigenvalue weighted by Gasteiger charge is 2.27. The van der Waals surface area contributed by atoms with Crippen LogP contribution in [-0.4, -0.2) is 57.6 Å². The lowest BCUT2D eigenvalue weighted by atomic mass is 10.1. The molecule has 0 aliphatic carbocycles. The van der Waals surface area contributed by atoms with Crippen molar-refractivity contribution < 1.29 is 22.7 Å². The number of hydrogen-bond acceptors (Lipinski definition) is 5. The molecule has 0 radical (unpaired) electrons. The third-order valence-electron chi connectivity index (χ3n) is 5.83. The van der Waals surface area contributed by atoms with Gasteiger partial charge in [0.25, 0.3) is 0 Å². The number of aryl methyl sites for hydroxylation is 1. The number of benzene rings is 2. The molecule has 0 saturated carbocycles. The Morgan fingerprint density at radius 2 is 1.67 bits per heavy atom. The number of methoxy groups -OCH3 is 1. The van der Waals surface area contributed by atoms with Gasteiger partial charge in [-0.1, -0.05) is 55.8 Å². The van der Waals surface area contributed by atoms with Gasteiger partial charge in [-0.2, -0.15) is 0 Å². The molecule has 2 aromatic rings. The number of ether oxygens (including phenoxy) is 1. The molecular formula is C27H39N3O5S. The highest BCUT2D eigenvalue weighted by atomic mass is 32.2. The number of carbonyl (C=O) groups is 2. The van der Waals surface area contributed by atoms with E-state index >= 15 is 0 Å². The van der Waals surface area contributed by atoms with Crippen LogP contribution in [0.2, 0.25) is 0 Å². The molecule has 0 heterocycles. The number of hydrogen-bond donors (Lipinski definition) is 1. The molecule has 0 aromatic heterocycles. The third kappa shape index (κ3) is 8.55. The average Bonchev–Trinajstić information content (AvgIpc) is 2.83. The van der Waals surface area contributed by atoms with Crippen LogP contribution in [0.3, 0.4) is 0 Å². The monoisotopic (exact) mass is 517 g/mol. The van der Waals surface area contributed by atoms with E-state index in [0.717, 1.165) is 17.4 Å². The summed E-state index contributed by atoms with van der Waals surface area (Å²) in [6.07, 6.45) is 1.51. The Balaban J connectivity index is 2.18. The predicted molar refractivity (Wildman–Crippen MR) is 143 cm³/mol. The highest BCUT2D eigenvalue weighted by molar-refractivity contribution is 7.92. The Morgan fingerprint density at radius 3 is 2.25 bits per heavy atom. The number of rotatable bonds is 13. The summed E-state index contributed by atoms with van der Waals surface area (Å²) in [5.41, 5.74) is 2.45. The van der Waals surface area contributed by atoms with Crippen molar-refractivity contribution in [1.29, 1.82) is 0 Å². The maximum Gasteiger partial charge on any atom is 0.242 e. The van der Waals surface area contributed by atoms with E-state index in [-0.39, 0.29) is 37.7 Å². The zero-order valence-corrected chi connectivity index (χ0v) is 23.0. The lowest BCUT2D eigenvalue weighted by Crippen LogP contribution is -2.48. The SMILES string of the molecule is COc1ccccc1N(CCCC(=O)N(Cc1ccc(C)cc1)C(C)C(=O)NCC(C)C)S(C)(=O)=O. The van der Waals surface area contributed by atoms with Crippen molar-refractivity contribution >= 4 is 27.5 Å². The summed E-state index contributed by atoms with van der Waals surface area (Å²) < 4.78 is 31.6. The zero-order chi connectivity index (χ0) is 26.9. The minimum atomic E-state index is -3.60. The molecule has 2 aromatic carbocycles. The molecule has 36 heavy (non-hydrogen) atoms. The number of nitrogens with zero attached hydrogens (tertiary/aromatic N) is 2. The van der Waals surface area contributed by atoms with Gasteiger partial charge in [-0.25, -0.2) is 8.42 Å². The van der Waals surface area contributed by atoms with Crippen molar-refractivity contribution in [3.05, 3.63) is 59.7 Å². The summed E-state index contributed by atoms with van der Waals surface area (Å²) >= 11 is 0. The molecule has 1 unspecified atom stereocenters. The smallest absolute Gasteiger partial charge is 0.242 e. The number of amides is 2. The minimum Gasteiger partial charge on any atom is -0.495 e. The van der Waals surface area contributed by atoms with Crippen LogP contribution in [0.5, 0.6) is 5.75 Å². The molecule has 9 heteroatoms. The fraction of sp³-hybridized carbons (Fsp3) is 0.481. The molecule has 2 rings (SSSR count). The molecule has 2 amide bonds. The first-order valence-corrected chi connectivity index (χ1v) is 14.0. The Hall–Kier alpha value is -3.07. The van der Waals surface area contributed by atoms with E-state index in [1.165, 1.54) is 11.4 Å². The summed E-state index contributed by atoms with van der Waals surface area (Å²) in [6.45, 7) is 8.65. The van der Waals surface area contributed by atoms with Crippen LogP contribution in [0.25, 0.3) is 0 Å². The molecule has 198 valence electrons. The number of nitrogens with one attached hydrogen (secondary N) is 1. The Bertz CT molecular complexity index is 1120. The van der Waals surface area contributed by atoms with E-state index in [4.69, 9.17) is 4.74 Å². The zero-order valence-electron chi connectivity index (χ0n) is 22.2. The second kappa shape index (κ2) is 13.3. The third-order valence-corrected chi connectivity index (χ3v) is 7.01. The van der Waals surface area contributed by atoms with Crippen LogP contribution in [0, 0.1) is 12.8 Å². The topological polar surface area (TPSA) is 96.0 Å². The number of sulfonamides is 1. The molecule has 0 bridgehead atoms. The van der Waals surface area contributed by atoms with Gasteiger partial charge in [-0.3, -0.25) is 13.9 Å². The largest absolute Gasteiger partial charge is 0.495 e. The molecule has 1 N–H and O–H groups in total. The minimum absolute atomic E-state index is 0.0921. The molecule has 0 fully saturated rings. The molecule has 0 saturated heterocycles. The van der Waals surface area contributed by atoms with E-state index in [2.05, 4.69) is 5.32 Å². The van der Waals surface area contributed by atoms with E-state index in [1.807, 2.05) is 45.0 Å². The average molecular weight is 518 g/mol. The highest BCUT2D eigenvalue weighted by Crippen LogP contribution is 2.29. The van der Waals surface area contributed by atoms with Crippen LogP contribution >= 0.6 is 0 Å². The maximum atomic E-state index is 13.3. The Kier molecular flexibility index (Phi) is 10.8. The lowest BCUT2D eigenvalue weighted by Gasteiger charge is -2.30. The molecule has 0 aliphatic rings. The fourth-order valence-corrected chi connectivity index (χ4v) is 4.71. The van der Waals surface area contributed by atoms with Gasteiger partial charge in [0.2, 0.25) is 21.8 Å². The summed E-state index contributed by atoms with van der Waals surface area (Å²) in [7, 11) is -2.12. The van der Waals surface area contributed by atoms with Gasteiger partial charge >= 0.3 is 0 Å². The lowest BCUT2D eigenvalue weighted by molar-refractivity contribution is -0.140. The van der Waals surface area contributed by atoms with Gasteiger partial charge in [-0.15, -0.1) is 0 Å². The van der Waals surface area contributed by atoms with E-state index in [1.54, 1.807) is 36.1 Å². The van der Waals surface area contributed by atoms with Gasteiger partial charge in [0.05, 0.1) is 19.1 Å². The van der Waals surface area contributed by atoms with E-state index in [0.29, 0.717) is 23.9 Å². The van der Waals surface area contributed by atoms with Gasteiger partial charge in [0.15, 0.2) is 0 Å². The van der Waals surface area contributed by atoms with Crippen molar-refractivity contribution in [2.24, 2.45) is 5.92 Å². The van der Waals surface area contributed by atoms with Crippen molar-refractivity contribution in [2.45, 2.75) is 53.1 Å². The van der Waals surface area contributed by atoms with E-state index < -0.39 is 16.1 Å². The summed E-state index contributed by atoms with van der Waals surface area (Å²) in [4.78, 5) is 27.7. The Morgan fingerprint density at radius 1 is 1.03 bits per heavy atom. The fourth-order valence-electron chi connectivity index (χ4n) is 3.74. The quantitative estimate of drug-likeness (QED) is 0.437. The first-order chi connectivity index (χ1) is 16.9. The normalized spacial score (nSPS) is 12.2. The van der Waals surface area contributed by atoms with Crippen molar-refractivity contribution in [3.63, 3.8) is 0 Å². The number of carbonyl (C=O) groups excluding carboxylic acids is 2.